The predicted molar refractivity (Wildman–Crippen MR) is 91.2 cm³/mol. The molecule has 1 heterocycles. The normalized spacial score (nSPS) is 12.0. The molecule has 4 N–H and O–H groups in total. The van der Waals surface area contributed by atoms with Gasteiger partial charge in [-0.3, -0.25) is 14.7 Å². The lowest BCUT2D eigenvalue weighted by molar-refractivity contribution is -0.121. The first-order chi connectivity index (χ1) is 12.0. The van der Waals surface area contributed by atoms with Crippen LogP contribution in [-0.4, -0.2) is 28.6 Å². The van der Waals surface area contributed by atoms with E-state index in [1.165, 1.54) is 12.1 Å². The molecule has 1 aromatic heterocycles. The van der Waals surface area contributed by atoms with Gasteiger partial charge in [0.15, 0.2) is 5.69 Å². The number of carbonyl (C=O) groups excluding carboxylic acids is 2. The van der Waals surface area contributed by atoms with Crippen LogP contribution < -0.4 is 11.1 Å². The van der Waals surface area contributed by atoms with Crippen molar-refractivity contribution in [2.45, 2.75) is 6.42 Å². The molecule has 0 fully saturated rings. The Kier molecular flexibility index (Phi) is 4.74. The van der Waals surface area contributed by atoms with Crippen LogP contribution in [0.25, 0.3) is 10.9 Å². The van der Waals surface area contributed by atoms with E-state index in [9.17, 15) is 14.0 Å². The second kappa shape index (κ2) is 7.12. The molecule has 0 bridgehead atoms. The van der Waals surface area contributed by atoms with E-state index in [2.05, 4.69) is 15.5 Å². The molecular formula is C18H17FN4O2. The van der Waals surface area contributed by atoms with Crippen LogP contribution in [0.2, 0.25) is 0 Å². The maximum absolute atomic E-state index is 13.0. The van der Waals surface area contributed by atoms with E-state index in [4.69, 9.17) is 5.73 Å². The molecule has 7 heteroatoms. The number of aromatic nitrogens is 2. The van der Waals surface area contributed by atoms with Crippen LogP contribution in [0.4, 0.5) is 4.39 Å². The number of fused-ring (bicyclic) bond motifs is 1. The summed E-state index contributed by atoms with van der Waals surface area (Å²) in [6.45, 7) is 0.0761. The van der Waals surface area contributed by atoms with Crippen LogP contribution >= 0.6 is 0 Å². The number of nitrogens with zero attached hydrogens (tertiary/aromatic N) is 1. The lowest BCUT2D eigenvalue weighted by Crippen LogP contribution is -2.37. The van der Waals surface area contributed by atoms with Crippen molar-refractivity contribution in [3.05, 3.63) is 65.6 Å². The van der Waals surface area contributed by atoms with Crippen LogP contribution in [0, 0.1) is 11.7 Å². The summed E-state index contributed by atoms with van der Waals surface area (Å²) in [4.78, 5) is 24.0. The number of rotatable bonds is 6. The van der Waals surface area contributed by atoms with Gasteiger partial charge in [-0.15, -0.1) is 0 Å². The Bertz CT molecular complexity index is 905. The molecule has 2 aromatic carbocycles. The fraction of sp³-hybridized carbons (Fsp3) is 0.167. The zero-order valence-electron chi connectivity index (χ0n) is 13.3. The number of carbonyl (C=O) groups is 2. The maximum Gasteiger partial charge on any atom is 0.272 e. The van der Waals surface area contributed by atoms with E-state index >= 15 is 0 Å². The summed E-state index contributed by atoms with van der Waals surface area (Å²) in [5.41, 5.74) is 7.21. The molecule has 0 saturated heterocycles. The molecule has 0 aliphatic rings. The van der Waals surface area contributed by atoms with Gasteiger partial charge >= 0.3 is 0 Å². The molecule has 3 aromatic rings. The van der Waals surface area contributed by atoms with Crippen LogP contribution in [0.3, 0.4) is 0 Å². The number of nitrogens with two attached hydrogens (primary N) is 1. The first kappa shape index (κ1) is 16.6. The zero-order chi connectivity index (χ0) is 17.8. The fourth-order valence-electron chi connectivity index (χ4n) is 2.61. The van der Waals surface area contributed by atoms with E-state index < -0.39 is 11.8 Å². The third kappa shape index (κ3) is 3.82. The quantitative estimate of drug-likeness (QED) is 0.637. The van der Waals surface area contributed by atoms with E-state index in [0.29, 0.717) is 11.8 Å². The van der Waals surface area contributed by atoms with Crippen molar-refractivity contribution >= 4 is 22.7 Å². The Morgan fingerprint density at radius 2 is 1.88 bits per heavy atom. The average Bonchev–Trinajstić information content (AvgIpc) is 3.04. The van der Waals surface area contributed by atoms with Crippen molar-refractivity contribution in [1.29, 1.82) is 0 Å². The largest absolute Gasteiger partial charge is 0.369 e. The van der Waals surface area contributed by atoms with Gasteiger partial charge in [-0.25, -0.2) is 4.39 Å². The molecule has 0 saturated carbocycles. The number of aromatic amines is 1. The number of benzene rings is 2. The van der Waals surface area contributed by atoms with Crippen molar-refractivity contribution in [3.63, 3.8) is 0 Å². The third-order valence-corrected chi connectivity index (χ3v) is 3.99. The molecule has 0 radical (unpaired) electrons. The minimum Gasteiger partial charge on any atom is -0.369 e. The topological polar surface area (TPSA) is 101 Å². The lowest BCUT2D eigenvalue weighted by atomic mass is 9.98. The van der Waals surface area contributed by atoms with Crippen molar-refractivity contribution < 1.29 is 14.0 Å². The molecule has 25 heavy (non-hydrogen) atoms. The number of halogens is 1. The highest BCUT2D eigenvalue weighted by Gasteiger charge is 2.19. The summed E-state index contributed by atoms with van der Waals surface area (Å²) in [6, 6.07) is 13.1. The van der Waals surface area contributed by atoms with Gasteiger partial charge in [0.2, 0.25) is 5.91 Å². The number of nitrogens with one attached hydrogen (secondary N) is 2. The van der Waals surface area contributed by atoms with E-state index in [-0.39, 0.29) is 24.0 Å². The van der Waals surface area contributed by atoms with Crippen molar-refractivity contribution in [2.75, 3.05) is 6.54 Å². The van der Waals surface area contributed by atoms with Gasteiger partial charge in [0.25, 0.3) is 5.91 Å². The Balaban J connectivity index is 1.67. The average molecular weight is 340 g/mol. The molecule has 6 nitrogen and oxygen atoms in total. The van der Waals surface area contributed by atoms with Crippen molar-refractivity contribution in [1.82, 2.24) is 15.5 Å². The molecule has 0 aliphatic heterocycles. The highest BCUT2D eigenvalue weighted by atomic mass is 19.1. The molecule has 128 valence electrons. The Morgan fingerprint density at radius 3 is 2.60 bits per heavy atom. The number of amides is 2. The summed E-state index contributed by atoms with van der Waals surface area (Å²) in [7, 11) is 0. The number of para-hydroxylation sites is 1. The highest BCUT2D eigenvalue weighted by molar-refractivity contribution is 6.04. The summed E-state index contributed by atoms with van der Waals surface area (Å²) in [5.74, 6) is -1.86. The molecular weight excluding hydrogens is 323 g/mol. The van der Waals surface area contributed by atoms with Gasteiger partial charge in [0.1, 0.15) is 5.82 Å². The summed E-state index contributed by atoms with van der Waals surface area (Å²) < 4.78 is 13.0. The van der Waals surface area contributed by atoms with Gasteiger partial charge in [-0.1, -0.05) is 30.3 Å². The standard InChI is InChI=1S/C18H17FN4O2/c19-13-7-5-11(6-8-13)9-12(17(20)24)10-21-18(25)16-14-3-1-2-4-15(14)22-23-16/h1-8,12H,9-10H2,(H2,20,24)(H,21,25)(H,22,23)/t12-/m1/s1. The van der Waals surface area contributed by atoms with Crippen molar-refractivity contribution in [3.8, 4) is 0 Å². The van der Waals surface area contributed by atoms with Crippen LogP contribution in [0.1, 0.15) is 16.1 Å². The van der Waals surface area contributed by atoms with E-state index in [0.717, 1.165) is 11.1 Å². The smallest absolute Gasteiger partial charge is 0.272 e. The summed E-state index contributed by atoms with van der Waals surface area (Å²) in [5, 5.41) is 10.2. The molecule has 1 atom stereocenters. The monoisotopic (exact) mass is 340 g/mol. The fourth-order valence-corrected chi connectivity index (χ4v) is 2.61. The zero-order valence-corrected chi connectivity index (χ0v) is 13.3. The van der Waals surface area contributed by atoms with Crippen LogP contribution in [0.15, 0.2) is 48.5 Å². The van der Waals surface area contributed by atoms with E-state index in [1.807, 2.05) is 18.2 Å². The highest BCUT2D eigenvalue weighted by Crippen LogP contribution is 2.15. The number of H-pyrrole nitrogens is 1. The minimum atomic E-state index is -0.598. The minimum absolute atomic E-state index is 0.0761. The maximum atomic E-state index is 13.0. The van der Waals surface area contributed by atoms with Gasteiger partial charge in [0.05, 0.1) is 11.4 Å². The van der Waals surface area contributed by atoms with Crippen LogP contribution in [-0.2, 0) is 11.2 Å². The number of hydrogen-bond acceptors (Lipinski definition) is 3. The molecule has 3 rings (SSSR count). The van der Waals surface area contributed by atoms with Gasteiger partial charge in [-0.05, 0) is 30.2 Å². The van der Waals surface area contributed by atoms with Gasteiger partial charge < -0.3 is 11.1 Å². The lowest BCUT2D eigenvalue weighted by Gasteiger charge is -2.14. The van der Waals surface area contributed by atoms with Crippen LogP contribution in [0.5, 0.6) is 0 Å². The second-order valence-electron chi connectivity index (χ2n) is 5.76. The van der Waals surface area contributed by atoms with Gasteiger partial charge in [0, 0.05) is 11.9 Å². The SMILES string of the molecule is NC(=O)[C@@H](CNC(=O)c1n[nH]c2ccccc12)Cc1ccc(F)cc1. The first-order valence-corrected chi connectivity index (χ1v) is 7.79. The Labute approximate surface area is 143 Å². The molecule has 2 amide bonds. The number of primary amides is 1. The predicted octanol–water partition coefficient (Wildman–Crippen LogP) is 1.78. The molecule has 0 unspecified atom stereocenters. The summed E-state index contributed by atoms with van der Waals surface area (Å²) in [6.07, 6.45) is 0.317. The molecule has 0 aliphatic carbocycles. The second-order valence-corrected chi connectivity index (χ2v) is 5.76. The Morgan fingerprint density at radius 1 is 1.16 bits per heavy atom. The van der Waals surface area contributed by atoms with Crippen molar-refractivity contribution in [2.24, 2.45) is 11.7 Å². The van der Waals surface area contributed by atoms with E-state index in [1.54, 1.807) is 18.2 Å². The third-order valence-electron chi connectivity index (χ3n) is 3.99. The number of hydrogen-bond donors (Lipinski definition) is 3. The first-order valence-electron chi connectivity index (χ1n) is 7.79. The Hall–Kier alpha value is -3.22. The summed E-state index contributed by atoms with van der Waals surface area (Å²) >= 11 is 0. The molecule has 0 spiro atoms. The van der Waals surface area contributed by atoms with Gasteiger partial charge in [-0.2, -0.15) is 5.10 Å².